The third-order valence-electron chi connectivity index (χ3n) is 5.95. The van der Waals surface area contributed by atoms with Gasteiger partial charge in [0.15, 0.2) is 0 Å². The summed E-state index contributed by atoms with van der Waals surface area (Å²) in [4.78, 5) is 12.2. The number of fused-ring (bicyclic) bond motifs is 1. The lowest BCUT2D eigenvalue weighted by atomic mass is 9.69. The van der Waals surface area contributed by atoms with E-state index in [-0.39, 0.29) is 5.92 Å². The molecular weight excluding hydrogens is 338 g/mol. The summed E-state index contributed by atoms with van der Waals surface area (Å²) in [5, 5.41) is 11.5. The molecule has 0 aromatic heterocycles. The normalized spacial score (nSPS) is 14.7. The zero-order valence-corrected chi connectivity index (χ0v) is 16.5. The number of anilines is 2. The number of aliphatic carboxylic acids is 1. The van der Waals surface area contributed by atoms with Crippen molar-refractivity contribution in [1.29, 1.82) is 0 Å². The first-order chi connectivity index (χ1) is 12.6. The zero-order valence-electron chi connectivity index (χ0n) is 16.5. The Labute approximate surface area is 160 Å². The van der Waals surface area contributed by atoms with Gasteiger partial charge >= 0.3 is 5.97 Å². The maximum Gasteiger partial charge on any atom is 0.310 e. The summed E-state index contributed by atoms with van der Waals surface area (Å²) in [6.07, 6.45) is 3.32. The van der Waals surface area contributed by atoms with E-state index in [2.05, 4.69) is 18.2 Å². The van der Waals surface area contributed by atoms with Gasteiger partial charge in [-0.25, -0.2) is 5.84 Å². The predicted molar refractivity (Wildman–Crippen MR) is 110 cm³/mol. The van der Waals surface area contributed by atoms with E-state index in [0.29, 0.717) is 5.69 Å². The quantitative estimate of drug-likeness (QED) is 0.426. The van der Waals surface area contributed by atoms with E-state index in [1.165, 1.54) is 16.1 Å². The fraction of sp³-hybridized carbons (Fsp3) is 0.409. The van der Waals surface area contributed by atoms with Crippen LogP contribution in [0.4, 0.5) is 11.4 Å². The van der Waals surface area contributed by atoms with Crippen LogP contribution in [-0.4, -0.2) is 18.1 Å². The number of nitrogens with zero attached hydrogens (tertiary/aromatic N) is 1. The molecule has 0 saturated carbocycles. The standard InChI is InChI=1S/C22H29N3O2/c1-13-17(10-11-18(20(13)23)25(4)24)19(22(2,3)21(26)27)16-9-8-14-6-5-7-15(14)12-16/h8-12,19H,5-7,23-24H2,1-4H3,(H,26,27)/t19-/m1/s1. The second kappa shape index (κ2) is 6.89. The van der Waals surface area contributed by atoms with E-state index in [1.54, 1.807) is 20.9 Å². The van der Waals surface area contributed by atoms with Crippen LogP contribution < -0.4 is 16.6 Å². The number of nitrogens with two attached hydrogens (primary N) is 2. The van der Waals surface area contributed by atoms with Gasteiger partial charge in [0, 0.05) is 13.0 Å². The topological polar surface area (TPSA) is 92.6 Å². The monoisotopic (exact) mass is 367 g/mol. The van der Waals surface area contributed by atoms with E-state index < -0.39 is 11.4 Å². The molecule has 0 spiro atoms. The molecule has 0 heterocycles. The van der Waals surface area contributed by atoms with Gasteiger partial charge in [-0.3, -0.25) is 4.79 Å². The molecule has 0 saturated heterocycles. The molecule has 2 aromatic carbocycles. The number of nitrogen functional groups attached to an aromatic ring is 1. The maximum absolute atomic E-state index is 12.2. The number of carboxylic acids is 1. The molecule has 0 unspecified atom stereocenters. The molecule has 5 heteroatoms. The van der Waals surface area contributed by atoms with Crippen LogP contribution in [0.1, 0.15) is 54.0 Å². The Morgan fingerprint density at radius 3 is 2.48 bits per heavy atom. The average molecular weight is 367 g/mol. The van der Waals surface area contributed by atoms with E-state index in [1.807, 2.05) is 19.1 Å². The van der Waals surface area contributed by atoms with Crippen LogP contribution in [0.15, 0.2) is 30.3 Å². The smallest absolute Gasteiger partial charge is 0.310 e. The maximum atomic E-state index is 12.2. The number of hydrogen-bond donors (Lipinski definition) is 3. The summed E-state index contributed by atoms with van der Waals surface area (Å²) in [5.74, 6) is 4.74. The van der Waals surface area contributed by atoms with Crippen molar-refractivity contribution in [2.75, 3.05) is 17.8 Å². The van der Waals surface area contributed by atoms with Crippen LogP contribution in [-0.2, 0) is 17.6 Å². The third-order valence-corrected chi connectivity index (χ3v) is 5.95. The lowest BCUT2D eigenvalue weighted by molar-refractivity contribution is -0.147. The molecule has 1 aliphatic carbocycles. The van der Waals surface area contributed by atoms with Crippen LogP contribution in [0.3, 0.4) is 0 Å². The second-order valence-electron chi connectivity index (χ2n) is 8.17. The van der Waals surface area contributed by atoms with Crippen LogP contribution in [0, 0.1) is 12.3 Å². The molecule has 3 rings (SSSR count). The highest BCUT2D eigenvalue weighted by Gasteiger charge is 2.40. The summed E-state index contributed by atoms with van der Waals surface area (Å²) in [7, 11) is 1.74. The minimum atomic E-state index is -0.986. The van der Waals surface area contributed by atoms with Crippen molar-refractivity contribution in [3.05, 3.63) is 58.1 Å². The van der Waals surface area contributed by atoms with Crippen molar-refractivity contribution in [2.45, 2.75) is 46.0 Å². The molecule has 144 valence electrons. The Bertz CT molecular complexity index is 887. The summed E-state index contributed by atoms with van der Waals surface area (Å²) >= 11 is 0. The van der Waals surface area contributed by atoms with Gasteiger partial charge in [-0.05, 0) is 73.9 Å². The molecule has 5 N–H and O–H groups in total. The SMILES string of the molecule is Cc1c([C@@H](c2ccc3c(c2)CCC3)C(C)(C)C(=O)O)ccc(N(C)N)c1N. The summed E-state index contributed by atoms with van der Waals surface area (Å²) in [6, 6.07) is 10.3. The molecule has 27 heavy (non-hydrogen) atoms. The molecule has 1 atom stereocenters. The third kappa shape index (κ3) is 3.28. The van der Waals surface area contributed by atoms with Crippen molar-refractivity contribution in [3.63, 3.8) is 0 Å². The lowest BCUT2D eigenvalue weighted by Crippen LogP contribution is -2.33. The van der Waals surface area contributed by atoms with E-state index >= 15 is 0 Å². The number of hydrazine groups is 1. The highest BCUT2D eigenvalue weighted by molar-refractivity contribution is 5.78. The molecule has 5 nitrogen and oxygen atoms in total. The minimum absolute atomic E-state index is 0.305. The fourth-order valence-electron chi connectivity index (χ4n) is 4.23. The van der Waals surface area contributed by atoms with E-state index in [9.17, 15) is 9.90 Å². The molecule has 0 amide bonds. The Morgan fingerprint density at radius 2 is 1.85 bits per heavy atom. The first kappa shape index (κ1) is 19.2. The van der Waals surface area contributed by atoms with Gasteiger partial charge in [0.1, 0.15) is 0 Å². The van der Waals surface area contributed by atoms with Crippen LogP contribution in [0.2, 0.25) is 0 Å². The van der Waals surface area contributed by atoms with Crippen LogP contribution in [0.25, 0.3) is 0 Å². The van der Waals surface area contributed by atoms with Crippen molar-refractivity contribution in [2.24, 2.45) is 11.3 Å². The number of carbonyl (C=O) groups is 1. The Balaban J connectivity index is 2.20. The largest absolute Gasteiger partial charge is 0.481 e. The summed E-state index contributed by atoms with van der Waals surface area (Å²) < 4.78 is 0. The first-order valence-corrected chi connectivity index (χ1v) is 9.37. The fourth-order valence-corrected chi connectivity index (χ4v) is 4.23. The van der Waals surface area contributed by atoms with Gasteiger partial charge in [0.25, 0.3) is 0 Å². The van der Waals surface area contributed by atoms with Crippen molar-refractivity contribution in [3.8, 4) is 0 Å². The van der Waals surface area contributed by atoms with Gasteiger partial charge in [-0.2, -0.15) is 0 Å². The molecule has 1 aliphatic rings. The van der Waals surface area contributed by atoms with E-state index in [0.717, 1.165) is 41.6 Å². The molecule has 0 bridgehead atoms. The first-order valence-electron chi connectivity index (χ1n) is 9.37. The number of rotatable bonds is 5. The molecule has 0 aliphatic heterocycles. The van der Waals surface area contributed by atoms with Gasteiger partial charge in [0.2, 0.25) is 0 Å². The Morgan fingerprint density at radius 1 is 1.19 bits per heavy atom. The summed E-state index contributed by atoms with van der Waals surface area (Å²) in [5.41, 5.74) is 12.2. The van der Waals surface area contributed by atoms with E-state index in [4.69, 9.17) is 11.6 Å². The molecule has 2 aromatic rings. The minimum Gasteiger partial charge on any atom is -0.481 e. The number of carboxylic acid groups (broad SMARTS) is 1. The Kier molecular flexibility index (Phi) is 4.91. The number of benzene rings is 2. The molecular formula is C22H29N3O2. The highest BCUT2D eigenvalue weighted by atomic mass is 16.4. The highest BCUT2D eigenvalue weighted by Crippen LogP contribution is 2.45. The van der Waals surface area contributed by atoms with Gasteiger partial charge < -0.3 is 15.8 Å². The van der Waals surface area contributed by atoms with Gasteiger partial charge in [-0.1, -0.05) is 24.3 Å². The second-order valence-corrected chi connectivity index (χ2v) is 8.17. The number of hydrogen-bond acceptors (Lipinski definition) is 4. The predicted octanol–water partition coefficient (Wildman–Crippen LogP) is 3.62. The van der Waals surface area contributed by atoms with Gasteiger partial charge in [0.05, 0.1) is 16.8 Å². The average Bonchev–Trinajstić information content (AvgIpc) is 3.06. The van der Waals surface area contributed by atoms with Crippen LogP contribution in [0.5, 0.6) is 0 Å². The molecule has 0 fully saturated rings. The lowest BCUT2D eigenvalue weighted by Gasteiger charge is -2.33. The zero-order chi connectivity index (χ0) is 19.9. The van der Waals surface area contributed by atoms with Crippen molar-refractivity contribution < 1.29 is 9.90 Å². The Hall–Kier alpha value is -2.53. The van der Waals surface area contributed by atoms with Crippen molar-refractivity contribution in [1.82, 2.24) is 0 Å². The number of aryl methyl sites for hydroxylation is 2. The van der Waals surface area contributed by atoms with Crippen molar-refractivity contribution >= 4 is 17.3 Å². The molecule has 0 radical (unpaired) electrons. The van der Waals surface area contributed by atoms with Gasteiger partial charge in [-0.15, -0.1) is 0 Å². The van der Waals surface area contributed by atoms with Crippen LogP contribution >= 0.6 is 0 Å². The summed E-state index contributed by atoms with van der Waals surface area (Å²) in [6.45, 7) is 5.51.